The van der Waals surface area contributed by atoms with Crippen LogP contribution in [0.4, 0.5) is 0 Å². The predicted octanol–water partition coefficient (Wildman–Crippen LogP) is 15.8. The molecule has 0 aromatic heterocycles. The fourth-order valence-electron chi connectivity index (χ4n) is 14.7. The second-order valence-electron chi connectivity index (χ2n) is 31.0. The molecule has 0 aliphatic carbocycles. The zero-order valence-corrected chi connectivity index (χ0v) is 66.7. The molecule has 3 aliphatic heterocycles. The van der Waals surface area contributed by atoms with Gasteiger partial charge in [-0.3, -0.25) is 4.79 Å². The molecule has 0 spiro atoms. The van der Waals surface area contributed by atoms with Gasteiger partial charge in [-0.25, -0.2) is 0 Å². The van der Waals surface area contributed by atoms with E-state index >= 15 is 0 Å². The van der Waals surface area contributed by atoms with Crippen molar-refractivity contribution in [3.8, 4) is 0 Å². The normalized spacial score (nSPS) is 25.9. The summed E-state index contributed by atoms with van der Waals surface area (Å²) in [5.41, 5.74) is 0. The highest BCUT2D eigenvalue weighted by atomic mass is 16.8. The Hall–Kier alpha value is -2.51. The maximum Gasteiger partial charge on any atom is 0.220 e. The largest absolute Gasteiger partial charge is 0.394 e. The molecule has 0 aromatic carbocycles. The summed E-state index contributed by atoms with van der Waals surface area (Å²) in [5, 5.41) is 121. The minimum atomic E-state index is -1.97. The first-order valence-corrected chi connectivity index (χ1v) is 43.5. The second kappa shape index (κ2) is 67.0. The van der Waals surface area contributed by atoms with E-state index in [1.54, 1.807) is 0 Å². The highest BCUT2D eigenvalue weighted by Crippen LogP contribution is 2.34. The molecule has 3 fully saturated rings. The number of nitrogens with one attached hydrogen (secondary N) is 1. The van der Waals surface area contributed by atoms with Crippen molar-refractivity contribution in [3.63, 3.8) is 0 Å². The molecular weight excluding hydrogens is 1350 g/mol. The van der Waals surface area contributed by atoms with E-state index in [0.29, 0.717) is 12.8 Å². The van der Waals surface area contributed by atoms with Crippen molar-refractivity contribution in [1.29, 1.82) is 0 Å². The zero-order valence-electron chi connectivity index (χ0n) is 66.7. The maximum absolute atomic E-state index is 13.5. The van der Waals surface area contributed by atoms with E-state index in [0.717, 1.165) is 77.0 Å². The third-order valence-electron chi connectivity index (χ3n) is 21.6. The van der Waals surface area contributed by atoms with Crippen LogP contribution < -0.4 is 5.32 Å². The topological polar surface area (TPSA) is 307 Å². The van der Waals surface area contributed by atoms with E-state index in [1.807, 2.05) is 0 Å². The molecular formula is C87H159NO18. The Morgan fingerprint density at radius 1 is 0.349 bits per heavy atom. The van der Waals surface area contributed by atoms with Crippen molar-refractivity contribution < 1.29 is 89.4 Å². The fraction of sp³-hybridized carbons (Fsp3) is 0.874. The number of allylic oxidation sites excluding steroid dienone is 10. The minimum Gasteiger partial charge on any atom is -0.394 e. The lowest BCUT2D eigenvalue weighted by Crippen LogP contribution is -2.66. The quantitative estimate of drug-likeness (QED) is 0.0199. The van der Waals surface area contributed by atoms with Crippen molar-refractivity contribution in [1.82, 2.24) is 5.32 Å². The number of amides is 1. The first-order chi connectivity index (χ1) is 51.8. The van der Waals surface area contributed by atoms with Crippen LogP contribution in [-0.4, -0.2) is 193 Å². The molecule has 3 saturated heterocycles. The maximum atomic E-state index is 13.5. The third kappa shape index (κ3) is 45.9. The predicted molar refractivity (Wildman–Crippen MR) is 425 cm³/mol. The summed E-state index contributed by atoms with van der Waals surface area (Å²) in [6, 6.07) is -0.891. The number of unbranched alkanes of at least 4 members (excludes halogenated alkanes) is 44. The van der Waals surface area contributed by atoms with Crippen LogP contribution >= 0.6 is 0 Å². The van der Waals surface area contributed by atoms with Gasteiger partial charge < -0.3 is 89.9 Å². The molecule has 1 amide bonds. The second-order valence-corrected chi connectivity index (χ2v) is 31.0. The van der Waals surface area contributed by atoms with E-state index in [9.17, 15) is 61.0 Å². The van der Waals surface area contributed by atoms with Crippen molar-refractivity contribution in [3.05, 3.63) is 60.8 Å². The molecule has 3 rings (SSSR count). The van der Waals surface area contributed by atoms with Crippen molar-refractivity contribution >= 4 is 5.91 Å². The average Bonchev–Trinajstić information content (AvgIpc) is 0.780. The van der Waals surface area contributed by atoms with Gasteiger partial charge in [0.25, 0.3) is 0 Å². The highest BCUT2D eigenvalue weighted by molar-refractivity contribution is 5.76. The summed E-state index contributed by atoms with van der Waals surface area (Å²) in [5.74, 6) is -0.239. The number of aliphatic hydroxyl groups is 11. The lowest BCUT2D eigenvalue weighted by Gasteiger charge is -2.48. The third-order valence-corrected chi connectivity index (χ3v) is 21.6. The summed E-state index contributed by atoms with van der Waals surface area (Å²) >= 11 is 0. The van der Waals surface area contributed by atoms with Crippen molar-refractivity contribution in [2.24, 2.45) is 0 Å². The monoisotopic (exact) mass is 1510 g/mol. The molecule has 620 valence electrons. The molecule has 17 unspecified atom stereocenters. The van der Waals surface area contributed by atoms with Crippen molar-refractivity contribution in [2.45, 2.75) is 458 Å². The molecule has 12 N–H and O–H groups in total. The molecule has 17 atom stereocenters. The SMILES string of the molecule is CC/C=C\C/C=C\C/C=C\C/C=C\C/C=C\CCCCCCCCCCCCCCCCCC(=O)NC(COC1OC(CO)C(OC2OC(CO)C(OC3OC(CO)C(O)C(O)C3O)C(O)C2O)C(O)C1O)C(O)CCCCCCCCCCCCCCCCCCCCCCCCCCCCCCCC. The molecule has 0 bridgehead atoms. The van der Waals surface area contributed by atoms with Crippen LogP contribution in [0.2, 0.25) is 0 Å². The van der Waals surface area contributed by atoms with E-state index in [-0.39, 0.29) is 18.9 Å². The van der Waals surface area contributed by atoms with Gasteiger partial charge in [-0.05, 0) is 57.8 Å². The van der Waals surface area contributed by atoms with Gasteiger partial charge in [-0.15, -0.1) is 0 Å². The van der Waals surface area contributed by atoms with E-state index in [1.165, 1.54) is 244 Å². The number of aliphatic hydroxyl groups excluding tert-OH is 11. The summed E-state index contributed by atoms with van der Waals surface area (Å²) in [6.45, 7) is 1.74. The molecule has 0 saturated carbocycles. The van der Waals surface area contributed by atoms with Gasteiger partial charge in [0.2, 0.25) is 5.91 Å². The first kappa shape index (κ1) is 97.7. The summed E-state index contributed by atoms with van der Waals surface area (Å²) in [6.07, 6.45) is 60.3. The van der Waals surface area contributed by atoms with E-state index < -0.39 is 124 Å². The Balaban J connectivity index is 1.34. The van der Waals surface area contributed by atoms with Gasteiger partial charge in [-0.2, -0.15) is 0 Å². The van der Waals surface area contributed by atoms with E-state index in [2.05, 4.69) is 79.9 Å². The highest BCUT2D eigenvalue weighted by Gasteiger charge is 2.54. The lowest BCUT2D eigenvalue weighted by molar-refractivity contribution is -0.379. The number of carbonyl (C=O) groups is 1. The van der Waals surface area contributed by atoms with E-state index in [4.69, 9.17) is 28.4 Å². The Morgan fingerprint density at radius 3 is 1.02 bits per heavy atom. The Morgan fingerprint density at radius 2 is 0.651 bits per heavy atom. The fourth-order valence-corrected chi connectivity index (χ4v) is 14.7. The van der Waals surface area contributed by atoms with Crippen LogP contribution in [0.3, 0.4) is 0 Å². The smallest absolute Gasteiger partial charge is 0.220 e. The zero-order chi connectivity index (χ0) is 76.7. The Labute approximate surface area is 643 Å². The average molecular weight is 1510 g/mol. The standard InChI is InChI=1S/C87H159NO18/c1-3-5-7-9-11-13-15-17-19-21-23-25-27-29-31-33-35-37-39-41-43-45-47-49-51-53-55-57-59-61-63-65-75(93)88-70(71(92)64-62-60-58-56-54-52-50-48-46-44-42-40-38-36-34-32-30-28-26-24-22-20-18-16-14-12-10-8-6-4-2)69-101-85-81(99)78(96)83(73(67-90)103-85)106-87-82(100)79(97)84(74(68-91)104-87)105-86-80(98)77(95)76(94)72(66-89)102-86/h5,7,11,13,17,19,23,25,29,31,70-74,76-87,89-92,94-100H,3-4,6,8-10,12,14-16,18,20-22,24,26-28,30,32-69H2,1-2H3,(H,88,93)/b7-5-,13-11-,19-17-,25-23-,31-29-. The molecule has 3 heterocycles. The number of hydrogen-bond acceptors (Lipinski definition) is 18. The van der Waals surface area contributed by atoms with Crippen molar-refractivity contribution in [2.75, 3.05) is 26.4 Å². The lowest BCUT2D eigenvalue weighted by atomic mass is 9.96. The van der Waals surface area contributed by atoms with Gasteiger partial charge in [-0.1, -0.05) is 351 Å². The van der Waals surface area contributed by atoms with Crippen LogP contribution in [-0.2, 0) is 33.2 Å². The van der Waals surface area contributed by atoms with Crippen LogP contribution in [0.15, 0.2) is 60.8 Å². The number of ether oxygens (including phenoxy) is 6. The summed E-state index contributed by atoms with van der Waals surface area (Å²) in [7, 11) is 0. The molecule has 0 radical (unpaired) electrons. The van der Waals surface area contributed by atoms with Gasteiger partial charge in [0.15, 0.2) is 18.9 Å². The van der Waals surface area contributed by atoms with Crippen LogP contribution in [0.5, 0.6) is 0 Å². The Bertz CT molecular complexity index is 2150. The number of hydrogen-bond donors (Lipinski definition) is 12. The van der Waals surface area contributed by atoms with Gasteiger partial charge in [0.1, 0.15) is 73.2 Å². The Kier molecular flexibility index (Phi) is 61.8. The van der Waals surface area contributed by atoms with Gasteiger partial charge in [0, 0.05) is 6.42 Å². The summed E-state index contributed by atoms with van der Waals surface area (Å²) in [4.78, 5) is 13.5. The number of rotatable bonds is 70. The van der Waals surface area contributed by atoms with Gasteiger partial charge in [0.05, 0.1) is 38.6 Å². The summed E-state index contributed by atoms with van der Waals surface area (Å²) < 4.78 is 34.6. The van der Waals surface area contributed by atoms with Gasteiger partial charge >= 0.3 is 0 Å². The molecule has 3 aliphatic rings. The minimum absolute atomic E-state index is 0.239. The molecule has 19 nitrogen and oxygen atoms in total. The first-order valence-electron chi connectivity index (χ1n) is 43.5. The molecule has 0 aromatic rings. The molecule has 106 heavy (non-hydrogen) atoms. The van der Waals surface area contributed by atoms with Crippen LogP contribution in [0, 0.1) is 0 Å². The van der Waals surface area contributed by atoms with Crippen LogP contribution in [0.1, 0.15) is 354 Å². The number of carbonyl (C=O) groups excluding carboxylic acids is 1. The molecule has 19 heteroatoms. The van der Waals surface area contributed by atoms with Crippen LogP contribution in [0.25, 0.3) is 0 Å².